The van der Waals surface area contributed by atoms with Crippen molar-refractivity contribution in [2.45, 2.75) is 6.92 Å². The SMILES string of the molecule is Cc1ccoc1-c1noc(-c2ccc(F)cc2N)n1. The number of nitrogens with zero attached hydrogens (tertiary/aromatic N) is 2. The lowest BCUT2D eigenvalue weighted by Crippen LogP contribution is -1.91. The Balaban J connectivity index is 2.04. The van der Waals surface area contributed by atoms with Gasteiger partial charge in [-0.15, -0.1) is 0 Å². The quantitative estimate of drug-likeness (QED) is 0.715. The Bertz CT molecular complexity index is 733. The molecule has 2 aromatic heterocycles. The Morgan fingerprint density at radius 1 is 1.26 bits per heavy atom. The molecule has 0 amide bonds. The molecular formula is C13H10FN3O2. The molecule has 0 aliphatic rings. The number of anilines is 1. The number of benzene rings is 1. The number of aromatic nitrogens is 2. The van der Waals surface area contributed by atoms with Gasteiger partial charge in [0.15, 0.2) is 5.76 Å². The second-order valence-electron chi connectivity index (χ2n) is 4.09. The van der Waals surface area contributed by atoms with Crippen LogP contribution in [0.4, 0.5) is 10.1 Å². The smallest absolute Gasteiger partial charge is 0.260 e. The van der Waals surface area contributed by atoms with Crippen LogP contribution in [-0.2, 0) is 0 Å². The van der Waals surface area contributed by atoms with Gasteiger partial charge in [0.2, 0.25) is 5.82 Å². The van der Waals surface area contributed by atoms with Crippen molar-refractivity contribution >= 4 is 5.69 Å². The molecule has 2 N–H and O–H groups in total. The molecule has 3 rings (SSSR count). The normalized spacial score (nSPS) is 10.8. The van der Waals surface area contributed by atoms with E-state index in [0.29, 0.717) is 17.1 Å². The van der Waals surface area contributed by atoms with Gasteiger partial charge < -0.3 is 14.7 Å². The molecule has 0 spiro atoms. The summed E-state index contributed by atoms with van der Waals surface area (Å²) in [6, 6.07) is 5.79. The summed E-state index contributed by atoms with van der Waals surface area (Å²) in [5.41, 5.74) is 7.35. The van der Waals surface area contributed by atoms with Crippen molar-refractivity contribution in [2.24, 2.45) is 0 Å². The summed E-state index contributed by atoms with van der Waals surface area (Å²) >= 11 is 0. The van der Waals surface area contributed by atoms with Crippen LogP contribution in [0.25, 0.3) is 23.0 Å². The highest BCUT2D eigenvalue weighted by atomic mass is 19.1. The van der Waals surface area contributed by atoms with Crippen LogP contribution in [0.1, 0.15) is 5.56 Å². The topological polar surface area (TPSA) is 78.1 Å². The van der Waals surface area contributed by atoms with Crippen LogP contribution in [0.3, 0.4) is 0 Å². The first-order chi connectivity index (χ1) is 9.15. The second-order valence-corrected chi connectivity index (χ2v) is 4.09. The zero-order valence-corrected chi connectivity index (χ0v) is 10.1. The van der Waals surface area contributed by atoms with Crippen LogP contribution in [0.5, 0.6) is 0 Å². The zero-order valence-electron chi connectivity index (χ0n) is 10.1. The number of aryl methyl sites for hydroxylation is 1. The van der Waals surface area contributed by atoms with Crippen LogP contribution in [0.2, 0.25) is 0 Å². The lowest BCUT2D eigenvalue weighted by atomic mass is 10.2. The number of nitrogens with two attached hydrogens (primary N) is 1. The molecule has 6 heteroatoms. The first-order valence-electron chi connectivity index (χ1n) is 5.59. The Morgan fingerprint density at radius 2 is 2.11 bits per heavy atom. The van der Waals surface area contributed by atoms with Gasteiger partial charge in [-0.25, -0.2) is 4.39 Å². The molecule has 0 unspecified atom stereocenters. The molecule has 0 bridgehead atoms. The molecule has 0 atom stereocenters. The summed E-state index contributed by atoms with van der Waals surface area (Å²) in [6.07, 6.45) is 1.55. The number of halogens is 1. The van der Waals surface area contributed by atoms with E-state index in [2.05, 4.69) is 10.1 Å². The van der Waals surface area contributed by atoms with Gasteiger partial charge >= 0.3 is 0 Å². The van der Waals surface area contributed by atoms with E-state index < -0.39 is 5.82 Å². The van der Waals surface area contributed by atoms with Crippen LogP contribution in [0, 0.1) is 12.7 Å². The van der Waals surface area contributed by atoms with E-state index in [1.54, 1.807) is 12.3 Å². The van der Waals surface area contributed by atoms with Crippen molar-refractivity contribution in [3.05, 3.63) is 41.9 Å². The number of hydrogen-bond acceptors (Lipinski definition) is 5. The minimum atomic E-state index is -0.414. The van der Waals surface area contributed by atoms with Gasteiger partial charge in [-0.2, -0.15) is 4.98 Å². The Kier molecular flexibility index (Phi) is 2.56. The van der Waals surface area contributed by atoms with Crippen molar-refractivity contribution in [1.29, 1.82) is 0 Å². The summed E-state index contributed by atoms with van der Waals surface area (Å²) in [5.74, 6) is 0.683. The molecule has 0 saturated carbocycles. The predicted octanol–water partition coefficient (Wildman–Crippen LogP) is 3.03. The lowest BCUT2D eigenvalue weighted by molar-refractivity contribution is 0.429. The molecular weight excluding hydrogens is 249 g/mol. The van der Waals surface area contributed by atoms with Crippen molar-refractivity contribution in [3.63, 3.8) is 0 Å². The van der Waals surface area contributed by atoms with Crippen LogP contribution in [-0.4, -0.2) is 10.1 Å². The highest BCUT2D eigenvalue weighted by Gasteiger charge is 2.16. The van der Waals surface area contributed by atoms with Gasteiger partial charge in [0, 0.05) is 5.69 Å². The molecule has 0 aliphatic heterocycles. The summed E-state index contributed by atoms with van der Waals surface area (Å²) < 4.78 is 23.4. The highest BCUT2D eigenvalue weighted by Crippen LogP contribution is 2.28. The minimum absolute atomic E-state index is 0.225. The monoisotopic (exact) mass is 259 g/mol. The van der Waals surface area contributed by atoms with E-state index in [1.807, 2.05) is 6.92 Å². The van der Waals surface area contributed by atoms with Crippen molar-refractivity contribution in [2.75, 3.05) is 5.73 Å². The predicted molar refractivity (Wildman–Crippen MR) is 66.5 cm³/mol. The third-order valence-electron chi connectivity index (χ3n) is 2.74. The molecule has 5 nitrogen and oxygen atoms in total. The van der Waals surface area contributed by atoms with E-state index in [9.17, 15) is 4.39 Å². The fourth-order valence-corrected chi connectivity index (χ4v) is 1.76. The molecule has 0 aliphatic carbocycles. The standard InChI is InChI=1S/C13H10FN3O2/c1-7-4-5-18-11(7)12-16-13(19-17-12)9-3-2-8(14)6-10(9)15/h2-6H,15H2,1H3. The average molecular weight is 259 g/mol. The van der Waals surface area contributed by atoms with E-state index in [4.69, 9.17) is 14.7 Å². The Labute approximate surface area is 107 Å². The summed E-state index contributed by atoms with van der Waals surface area (Å²) in [5, 5.41) is 3.83. The molecule has 2 heterocycles. The molecule has 3 aromatic rings. The molecule has 0 radical (unpaired) electrons. The van der Waals surface area contributed by atoms with E-state index in [1.165, 1.54) is 18.2 Å². The van der Waals surface area contributed by atoms with Gasteiger partial charge in [-0.3, -0.25) is 0 Å². The van der Waals surface area contributed by atoms with Gasteiger partial charge in [-0.05, 0) is 36.8 Å². The minimum Gasteiger partial charge on any atom is -0.461 e. The van der Waals surface area contributed by atoms with Crippen molar-refractivity contribution in [1.82, 2.24) is 10.1 Å². The molecule has 0 saturated heterocycles. The fraction of sp³-hybridized carbons (Fsp3) is 0.0769. The Morgan fingerprint density at radius 3 is 2.79 bits per heavy atom. The van der Waals surface area contributed by atoms with Crippen molar-refractivity contribution in [3.8, 4) is 23.0 Å². The number of nitrogen functional groups attached to an aromatic ring is 1. The van der Waals surface area contributed by atoms with E-state index >= 15 is 0 Å². The third kappa shape index (κ3) is 1.97. The summed E-state index contributed by atoms with van der Waals surface area (Å²) in [7, 11) is 0. The van der Waals surface area contributed by atoms with Gasteiger partial charge in [0.1, 0.15) is 5.82 Å². The van der Waals surface area contributed by atoms with E-state index in [-0.39, 0.29) is 11.6 Å². The first-order valence-corrected chi connectivity index (χ1v) is 5.59. The van der Waals surface area contributed by atoms with Gasteiger partial charge in [0.25, 0.3) is 5.89 Å². The summed E-state index contributed by atoms with van der Waals surface area (Å²) in [4.78, 5) is 4.20. The maximum Gasteiger partial charge on any atom is 0.260 e. The Hall–Kier alpha value is -2.63. The van der Waals surface area contributed by atoms with Gasteiger partial charge in [-0.1, -0.05) is 5.16 Å². The highest BCUT2D eigenvalue weighted by molar-refractivity contribution is 5.71. The lowest BCUT2D eigenvalue weighted by Gasteiger charge is -1.99. The third-order valence-corrected chi connectivity index (χ3v) is 2.74. The maximum absolute atomic E-state index is 13.0. The molecule has 0 fully saturated rings. The van der Waals surface area contributed by atoms with Crippen LogP contribution in [0.15, 0.2) is 39.5 Å². The van der Waals surface area contributed by atoms with Crippen LogP contribution >= 0.6 is 0 Å². The van der Waals surface area contributed by atoms with E-state index in [0.717, 1.165) is 5.56 Å². The van der Waals surface area contributed by atoms with Crippen molar-refractivity contribution < 1.29 is 13.3 Å². The first kappa shape index (κ1) is 11.5. The fourth-order valence-electron chi connectivity index (χ4n) is 1.76. The average Bonchev–Trinajstić information content (AvgIpc) is 2.97. The van der Waals surface area contributed by atoms with Crippen LogP contribution < -0.4 is 5.73 Å². The zero-order chi connectivity index (χ0) is 13.4. The largest absolute Gasteiger partial charge is 0.461 e. The number of furan rings is 1. The molecule has 19 heavy (non-hydrogen) atoms. The molecule has 1 aromatic carbocycles. The molecule has 96 valence electrons. The second kappa shape index (κ2) is 4.24. The number of hydrogen-bond donors (Lipinski definition) is 1. The van der Waals surface area contributed by atoms with Gasteiger partial charge in [0.05, 0.1) is 11.8 Å². The summed E-state index contributed by atoms with van der Waals surface area (Å²) in [6.45, 7) is 1.88. The number of rotatable bonds is 2. The maximum atomic E-state index is 13.0.